The van der Waals surface area contributed by atoms with Gasteiger partial charge in [0.2, 0.25) is 5.95 Å². The van der Waals surface area contributed by atoms with E-state index >= 15 is 0 Å². The Morgan fingerprint density at radius 3 is 2.61 bits per heavy atom. The lowest BCUT2D eigenvalue weighted by molar-refractivity contribution is 0.0526. The molecule has 1 aromatic carbocycles. The fourth-order valence-corrected chi connectivity index (χ4v) is 2.51. The Morgan fingerprint density at radius 1 is 1.14 bits per heavy atom. The summed E-state index contributed by atoms with van der Waals surface area (Å²) in [5.41, 5.74) is 2.49. The fourth-order valence-electron chi connectivity index (χ4n) is 2.51. The average molecular weight is 378 g/mol. The molecule has 28 heavy (non-hydrogen) atoms. The zero-order valence-electron chi connectivity index (χ0n) is 15.9. The average Bonchev–Trinajstić information content (AvgIpc) is 2.73. The second kappa shape index (κ2) is 9.40. The number of anilines is 3. The van der Waals surface area contributed by atoms with Crippen molar-refractivity contribution >= 4 is 23.4 Å². The maximum atomic E-state index is 11.7. The predicted molar refractivity (Wildman–Crippen MR) is 107 cm³/mol. The molecule has 1 N–H and O–H groups in total. The summed E-state index contributed by atoms with van der Waals surface area (Å²) in [6, 6.07) is 11.0. The second-order valence-electron chi connectivity index (χ2n) is 6.09. The molecule has 0 saturated carbocycles. The van der Waals surface area contributed by atoms with Gasteiger partial charge in [-0.05, 0) is 55.3 Å². The lowest BCUT2D eigenvalue weighted by Crippen LogP contribution is -2.23. The van der Waals surface area contributed by atoms with E-state index in [2.05, 4.69) is 25.5 Å². The Morgan fingerprint density at radius 2 is 1.89 bits per heavy atom. The number of hydrogen-bond acceptors (Lipinski definition) is 8. The fraction of sp³-hybridized carbons (Fsp3) is 0.250. The van der Waals surface area contributed by atoms with Gasteiger partial charge in [0.15, 0.2) is 5.82 Å². The van der Waals surface area contributed by atoms with Crippen LogP contribution >= 0.6 is 0 Å². The first-order chi connectivity index (χ1) is 13.7. The highest BCUT2D eigenvalue weighted by Crippen LogP contribution is 2.17. The van der Waals surface area contributed by atoms with E-state index in [4.69, 9.17) is 4.74 Å². The molecule has 3 aromatic rings. The normalized spacial score (nSPS) is 10.4. The molecule has 0 amide bonds. The van der Waals surface area contributed by atoms with Gasteiger partial charge in [-0.1, -0.05) is 0 Å². The van der Waals surface area contributed by atoms with Crippen molar-refractivity contribution in [1.29, 1.82) is 0 Å². The van der Waals surface area contributed by atoms with Crippen LogP contribution in [-0.2, 0) is 11.2 Å². The molecule has 0 fully saturated rings. The second-order valence-corrected chi connectivity index (χ2v) is 6.09. The molecule has 0 aliphatic carbocycles. The SMILES string of the molecule is CCOC(=O)c1ccc(Nc2cnnc(N(C)CCc3ccncc3)n2)cc1. The summed E-state index contributed by atoms with van der Waals surface area (Å²) in [5, 5.41) is 11.3. The number of likely N-dealkylation sites (N-methyl/N-ethyl adjacent to an activating group) is 1. The van der Waals surface area contributed by atoms with Gasteiger partial charge in [-0.2, -0.15) is 10.1 Å². The van der Waals surface area contributed by atoms with Gasteiger partial charge in [-0.3, -0.25) is 4.98 Å². The van der Waals surface area contributed by atoms with Crippen LogP contribution in [0.25, 0.3) is 0 Å². The molecule has 0 atom stereocenters. The van der Waals surface area contributed by atoms with E-state index in [0.717, 1.165) is 18.7 Å². The number of benzene rings is 1. The molecule has 0 aliphatic heterocycles. The van der Waals surface area contributed by atoms with Crippen LogP contribution in [0.3, 0.4) is 0 Å². The van der Waals surface area contributed by atoms with Crippen molar-refractivity contribution in [2.75, 3.05) is 30.4 Å². The molecule has 2 heterocycles. The van der Waals surface area contributed by atoms with Gasteiger partial charge in [-0.15, -0.1) is 5.10 Å². The number of nitrogens with zero attached hydrogens (tertiary/aromatic N) is 5. The number of hydrogen-bond donors (Lipinski definition) is 1. The molecule has 2 aromatic heterocycles. The van der Waals surface area contributed by atoms with Gasteiger partial charge in [0, 0.05) is 31.7 Å². The molecule has 8 nitrogen and oxygen atoms in total. The number of ether oxygens (including phenoxy) is 1. The lowest BCUT2D eigenvalue weighted by Gasteiger charge is -2.17. The Hall–Kier alpha value is -3.55. The molecule has 144 valence electrons. The lowest BCUT2D eigenvalue weighted by atomic mass is 10.2. The molecular weight excluding hydrogens is 356 g/mol. The minimum atomic E-state index is -0.337. The summed E-state index contributed by atoms with van der Waals surface area (Å²) in [6.07, 6.45) is 5.98. The largest absolute Gasteiger partial charge is 0.462 e. The van der Waals surface area contributed by atoms with Crippen LogP contribution in [0.2, 0.25) is 0 Å². The first-order valence-corrected chi connectivity index (χ1v) is 8.99. The number of aromatic nitrogens is 4. The van der Waals surface area contributed by atoms with Crippen LogP contribution < -0.4 is 10.2 Å². The number of nitrogens with one attached hydrogen (secondary N) is 1. The van der Waals surface area contributed by atoms with E-state index in [1.165, 1.54) is 5.56 Å². The summed E-state index contributed by atoms with van der Waals surface area (Å²) >= 11 is 0. The molecule has 0 aliphatic rings. The van der Waals surface area contributed by atoms with E-state index in [0.29, 0.717) is 23.9 Å². The molecule has 0 spiro atoms. The van der Waals surface area contributed by atoms with Gasteiger partial charge in [0.1, 0.15) is 0 Å². The zero-order chi connectivity index (χ0) is 19.8. The molecule has 0 saturated heterocycles. The van der Waals surface area contributed by atoms with Crippen molar-refractivity contribution < 1.29 is 9.53 Å². The smallest absolute Gasteiger partial charge is 0.338 e. The highest BCUT2D eigenvalue weighted by atomic mass is 16.5. The topological polar surface area (TPSA) is 93.1 Å². The number of rotatable bonds is 8. The van der Waals surface area contributed by atoms with E-state index in [1.807, 2.05) is 24.1 Å². The highest BCUT2D eigenvalue weighted by Gasteiger charge is 2.09. The third kappa shape index (κ3) is 5.23. The minimum absolute atomic E-state index is 0.337. The van der Waals surface area contributed by atoms with E-state index in [-0.39, 0.29) is 5.97 Å². The quantitative estimate of drug-likeness (QED) is 0.598. The number of carbonyl (C=O) groups is 1. The standard InChI is InChI=1S/C20H22N6O2/c1-3-28-19(27)16-4-6-17(7-5-16)23-18-14-22-25-20(24-18)26(2)13-10-15-8-11-21-12-9-15/h4-9,11-12,14H,3,10,13H2,1-2H3,(H,23,24,25). The van der Waals surface area contributed by atoms with Crippen LogP contribution in [0.4, 0.5) is 17.5 Å². The van der Waals surface area contributed by atoms with Crippen molar-refractivity contribution in [3.8, 4) is 0 Å². The van der Waals surface area contributed by atoms with Crippen LogP contribution in [0.5, 0.6) is 0 Å². The van der Waals surface area contributed by atoms with Crippen molar-refractivity contribution in [2.45, 2.75) is 13.3 Å². The Labute approximate surface area is 163 Å². The van der Waals surface area contributed by atoms with Gasteiger partial charge in [0.05, 0.1) is 18.4 Å². The molecule has 0 radical (unpaired) electrons. The number of pyridine rings is 1. The van der Waals surface area contributed by atoms with Crippen LogP contribution in [-0.4, -0.2) is 46.3 Å². The Bertz CT molecular complexity index is 902. The molecule has 0 bridgehead atoms. The van der Waals surface area contributed by atoms with E-state index in [9.17, 15) is 4.79 Å². The Kier molecular flexibility index (Phi) is 6.46. The summed E-state index contributed by atoms with van der Waals surface area (Å²) in [4.78, 5) is 22.2. The summed E-state index contributed by atoms with van der Waals surface area (Å²) < 4.78 is 4.98. The van der Waals surface area contributed by atoms with E-state index < -0.39 is 0 Å². The minimum Gasteiger partial charge on any atom is -0.462 e. The summed E-state index contributed by atoms with van der Waals surface area (Å²) in [5.74, 6) is 0.766. The highest BCUT2D eigenvalue weighted by molar-refractivity contribution is 5.89. The predicted octanol–water partition coefficient (Wildman–Crippen LogP) is 2.87. The van der Waals surface area contributed by atoms with Gasteiger partial charge >= 0.3 is 5.97 Å². The van der Waals surface area contributed by atoms with Gasteiger partial charge < -0.3 is 15.0 Å². The maximum absolute atomic E-state index is 11.7. The first kappa shape index (κ1) is 19.2. The van der Waals surface area contributed by atoms with Crippen molar-refractivity contribution in [3.63, 3.8) is 0 Å². The molecule has 0 unspecified atom stereocenters. The third-order valence-corrected chi connectivity index (χ3v) is 4.04. The number of carbonyl (C=O) groups excluding carboxylic acids is 1. The third-order valence-electron chi connectivity index (χ3n) is 4.04. The van der Waals surface area contributed by atoms with Crippen LogP contribution in [0.15, 0.2) is 55.0 Å². The summed E-state index contributed by atoms with van der Waals surface area (Å²) in [7, 11) is 1.93. The Balaban J connectivity index is 1.62. The van der Waals surface area contributed by atoms with Crippen molar-refractivity contribution in [1.82, 2.24) is 20.2 Å². The first-order valence-electron chi connectivity index (χ1n) is 8.99. The monoisotopic (exact) mass is 378 g/mol. The van der Waals surface area contributed by atoms with Gasteiger partial charge in [0.25, 0.3) is 0 Å². The van der Waals surface area contributed by atoms with Crippen molar-refractivity contribution in [2.24, 2.45) is 0 Å². The molecule has 3 rings (SSSR count). The van der Waals surface area contributed by atoms with Crippen LogP contribution in [0, 0.1) is 0 Å². The maximum Gasteiger partial charge on any atom is 0.338 e. The van der Waals surface area contributed by atoms with Gasteiger partial charge in [-0.25, -0.2) is 4.79 Å². The zero-order valence-corrected chi connectivity index (χ0v) is 15.9. The molecular formula is C20H22N6O2. The summed E-state index contributed by atoms with van der Waals surface area (Å²) in [6.45, 7) is 2.88. The van der Waals surface area contributed by atoms with E-state index in [1.54, 1.807) is 49.8 Å². The molecule has 8 heteroatoms. The van der Waals surface area contributed by atoms with Crippen molar-refractivity contribution in [3.05, 3.63) is 66.1 Å². The number of esters is 1. The van der Waals surface area contributed by atoms with Crippen LogP contribution in [0.1, 0.15) is 22.8 Å².